The standard InChI is InChI=1S/C8H10O3S.H2O/c1-6-3-4-8(7(2)5-6)12(9,10)11;/h3-5H,1-2H3,(H,9,10,11);1H2. The Balaban J connectivity index is 0.00000144. The number of aryl methyl sites for hydroxylation is 2. The molecule has 0 amide bonds. The maximum Gasteiger partial charge on any atom is 0.294 e. The highest BCUT2D eigenvalue weighted by atomic mass is 32.2. The molecule has 0 fully saturated rings. The van der Waals surface area contributed by atoms with Crippen molar-refractivity contribution in [2.75, 3.05) is 0 Å². The van der Waals surface area contributed by atoms with Gasteiger partial charge in [-0.15, -0.1) is 0 Å². The van der Waals surface area contributed by atoms with E-state index in [-0.39, 0.29) is 10.4 Å². The lowest BCUT2D eigenvalue weighted by molar-refractivity contribution is 0.482. The molecular formula is C8H12O4S. The van der Waals surface area contributed by atoms with Gasteiger partial charge in [0.2, 0.25) is 0 Å². The maximum absolute atomic E-state index is 10.7. The van der Waals surface area contributed by atoms with Gasteiger partial charge in [-0.25, -0.2) is 0 Å². The Morgan fingerprint density at radius 1 is 1.23 bits per heavy atom. The van der Waals surface area contributed by atoms with Gasteiger partial charge in [-0.2, -0.15) is 8.42 Å². The van der Waals surface area contributed by atoms with Crippen LogP contribution in [0.15, 0.2) is 23.1 Å². The molecule has 0 aliphatic heterocycles. The Morgan fingerprint density at radius 2 is 1.77 bits per heavy atom. The lowest BCUT2D eigenvalue weighted by Crippen LogP contribution is -2.00. The van der Waals surface area contributed by atoms with E-state index < -0.39 is 10.1 Å². The summed E-state index contributed by atoms with van der Waals surface area (Å²) < 4.78 is 30.2. The van der Waals surface area contributed by atoms with Gasteiger partial charge < -0.3 is 5.48 Å². The van der Waals surface area contributed by atoms with Crippen LogP contribution in [0, 0.1) is 13.8 Å². The Labute approximate surface area is 77.3 Å². The summed E-state index contributed by atoms with van der Waals surface area (Å²) in [5.74, 6) is 0. The molecule has 0 saturated carbocycles. The van der Waals surface area contributed by atoms with E-state index >= 15 is 0 Å². The van der Waals surface area contributed by atoms with Crippen LogP contribution >= 0.6 is 0 Å². The molecule has 0 aliphatic rings. The molecular weight excluding hydrogens is 192 g/mol. The zero-order valence-corrected chi connectivity index (χ0v) is 8.22. The van der Waals surface area contributed by atoms with E-state index in [0.29, 0.717) is 5.56 Å². The molecule has 4 nitrogen and oxygen atoms in total. The van der Waals surface area contributed by atoms with Gasteiger partial charge >= 0.3 is 0 Å². The Kier molecular flexibility index (Phi) is 3.60. The minimum atomic E-state index is -4.05. The Morgan fingerprint density at radius 3 is 2.15 bits per heavy atom. The van der Waals surface area contributed by atoms with Crippen LogP contribution in [-0.4, -0.2) is 18.4 Å². The first-order chi connectivity index (χ1) is 5.41. The number of hydrogen-bond donors (Lipinski definition) is 1. The topological polar surface area (TPSA) is 85.9 Å². The summed E-state index contributed by atoms with van der Waals surface area (Å²) in [7, 11) is -4.05. The van der Waals surface area contributed by atoms with Crippen molar-refractivity contribution in [1.82, 2.24) is 0 Å². The molecule has 0 spiro atoms. The molecule has 0 heterocycles. The molecule has 0 radical (unpaired) electrons. The summed E-state index contributed by atoms with van der Waals surface area (Å²) in [6.45, 7) is 3.51. The van der Waals surface area contributed by atoms with Crippen molar-refractivity contribution in [3.8, 4) is 0 Å². The summed E-state index contributed by atoms with van der Waals surface area (Å²) in [6, 6.07) is 4.76. The van der Waals surface area contributed by atoms with Gasteiger partial charge in [0.15, 0.2) is 0 Å². The zero-order chi connectivity index (χ0) is 9.35. The van der Waals surface area contributed by atoms with Crippen molar-refractivity contribution in [2.24, 2.45) is 0 Å². The average molecular weight is 204 g/mol. The third kappa shape index (κ3) is 2.80. The Hall–Kier alpha value is -0.910. The molecule has 5 heteroatoms. The van der Waals surface area contributed by atoms with Crippen molar-refractivity contribution in [1.29, 1.82) is 0 Å². The van der Waals surface area contributed by atoms with Gasteiger partial charge in [0.25, 0.3) is 10.1 Å². The van der Waals surface area contributed by atoms with Gasteiger partial charge in [0.1, 0.15) is 0 Å². The summed E-state index contributed by atoms with van der Waals surface area (Å²) in [6.07, 6.45) is 0. The lowest BCUT2D eigenvalue weighted by atomic mass is 10.2. The van der Waals surface area contributed by atoms with Crippen LogP contribution < -0.4 is 0 Å². The van der Waals surface area contributed by atoms with Gasteiger partial charge in [0, 0.05) is 0 Å². The first kappa shape index (κ1) is 12.1. The van der Waals surface area contributed by atoms with E-state index in [1.54, 1.807) is 19.1 Å². The minimum Gasteiger partial charge on any atom is -0.412 e. The van der Waals surface area contributed by atoms with E-state index in [0.717, 1.165) is 5.56 Å². The monoisotopic (exact) mass is 204 g/mol. The molecule has 1 aromatic rings. The maximum atomic E-state index is 10.7. The van der Waals surface area contributed by atoms with Crippen molar-refractivity contribution in [2.45, 2.75) is 18.7 Å². The highest BCUT2D eigenvalue weighted by Crippen LogP contribution is 2.15. The van der Waals surface area contributed by atoms with Crippen LogP contribution in [0.3, 0.4) is 0 Å². The molecule has 3 N–H and O–H groups in total. The molecule has 0 aromatic heterocycles. The van der Waals surface area contributed by atoms with Crippen molar-refractivity contribution in [3.05, 3.63) is 29.3 Å². The molecule has 74 valence electrons. The predicted octanol–water partition coefficient (Wildman–Crippen LogP) is 0.725. The van der Waals surface area contributed by atoms with Crippen LogP contribution in [0.25, 0.3) is 0 Å². The van der Waals surface area contributed by atoms with Crippen molar-refractivity contribution >= 4 is 10.1 Å². The molecule has 0 bridgehead atoms. The van der Waals surface area contributed by atoms with Crippen LogP contribution in [-0.2, 0) is 10.1 Å². The third-order valence-corrected chi connectivity index (χ3v) is 2.62. The third-order valence-electron chi connectivity index (χ3n) is 1.61. The normalized spacial score (nSPS) is 10.7. The Bertz CT molecular complexity index is 395. The van der Waals surface area contributed by atoms with Gasteiger partial charge in [-0.3, -0.25) is 4.55 Å². The highest BCUT2D eigenvalue weighted by Gasteiger charge is 2.11. The van der Waals surface area contributed by atoms with Crippen LogP contribution in [0.4, 0.5) is 0 Å². The molecule has 0 atom stereocenters. The fraction of sp³-hybridized carbons (Fsp3) is 0.250. The number of hydrogen-bond acceptors (Lipinski definition) is 2. The second-order valence-corrected chi connectivity index (χ2v) is 4.13. The highest BCUT2D eigenvalue weighted by molar-refractivity contribution is 7.85. The number of rotatable bonds is 1. The summed E-state index contributed by atoms with van der Waals surface area (Å²) >= 11 is 0. The van der Waals surface area contributed by atoms with Crippen LogP contribution in [0.1, 0.15) is 11.1 Å². The minimum absolute atomic E-state index is 0. The van der Waals surface area contributed by atoms with Crippen molar-refractivity contribution < 1.29 is 18.4 Å². The van der Waals surface area contributed by atoms with Crippen LogP contribution in [0.2, 0.25) is 0 Å². The molecule has 0 unspecified atom stereocenters. The molecule has 13 heavy (non-hydrogen) atoms. The van der Waals surface area contributed by atoms with E-state index in [1.807, 2.05) is 6.92 Å². The summed E-state index contributed by atoms with van der Waals surface area (Å²) in [4.78, 5) is -0.0203. The van der Waals surface area contributed by atoms with E-state index in [2.05, 4.69) is 0 Å². The van der Waals surface area contributed by atoms with Gasteiger partial charge in [-0.05, 0) is 25.5 Å². The fourth-order valence-electron chi connectivity index (χ4n) is 1.09. The van der Waals surface area contributed by atoms with E-state index in [1.165, 1.54) is 6.07 Å². The summed E-state index contributed by atoms with van der Waals surface area (Å²) in [5, 5.41) is 0. The largest absolute Gasteiger partial charge is 0.412 e. The van der Waals surface area contributed by atoms with Crippen molar-refractivity contribution in [3.63, 3.8) is 0 Å². The van der Waals surface area contributed by atoms with Gasteiger partial charge in [-0.1, -0.05) is 17.7 Å². The smallest absolute Gasteiger partial charge is 0.294 e. The second kappa shape index (κ2) is 3.87. The zero-order valence-electron chi connectivity index (χ0n) is 7.40. The van der Waals surface area contributed by atoms with Gasteiger partial charge in [0.05, 0.1) is 4.90 Å². The fourth-order valence-corrected chi connectivity index (χ4v) is 1.79. The van der Waals surface area contributed by atoms with E-state index in [9.17, 15) is 8.42 Å². The molecule has 1 rings (SSSR count). The average Bonchev–Trinajstić information content (AvgIpc) is 1.83. The number of benzene rings is 1. The first-order valence-corrected chi connectivity index (χ1v) is 4.90. The predicted molar refractivity (Wildman–Crippen MR) is 49.3 cm³/mol. The molecule has 0 aliphatic carbocycles. The lowest BCUT2D eigenvalue weighted by Gasteiger charge is -2.02. The quantitative estimate of drug-likeness (QED) is 0.684. The second-order valence-electron chi connectivity index (χ2n) is 2.74. The SMILES string of the molecule is Cc1ccc(S(=O)(=O)O)c(C)c1.O. The van der Waals surface area contributed by atoms with Crippen LogP contribution in [0.5, 0.6) is 0 Å². The van der Waals surface area contributed by atoms with E-state index in [4.69, 9.17) is 4.55 Å². The molecule has 0 saturated heterocycles. The first-order valence-electron chi connectivity index (χ1n) is 3.46. The summed E-state index contributed by atoms with van der Waals surface area (Å²) in [5.41, 5.74) is 1.54. The molecule has 1 aromatic carbocycles.